The molecular weight excluding hydrogens is 328 g/mol. The van der Waals surface area contributed by atoms with Crippen molar-refractivity contribution in [3.63, 3.8) is 0 Å². The lowest BCUT2D eigenvalue weighted by atomic mass is 10.3. The smallest absolute Gasteiger partial charge is 0.277 e. The van der Waals surface area contributed by atoms with Crippen molar-refractivity contribution in [1.82, 2.24) is 18.9 Å². The van der Waals surface area contributed by atoms with Gasteiger partial charge in [0.05, 0.1) is 17.6 Å². The number of fused-ring (bicyclic) bond motifs is 1. The second-order valence-electron chi connectivity index (χ2n) is 6.04. The normalized spacial score (nSPS) is 11.1. The van der Waals surface area contributed by atoms with Gasteiger partial charge in [-0.2, -0.15) is 5.10 Å². The predicted octanol–water partition coefficient (Wildman–Crippen LogP) is 2.75. The summed E-state index contributed by atoms with van der Waals surface area (Å²) in [7, 11) is 0. The maximum atomic E-state index is 13.2. The van der Waals surface area contributed by atoms with Crippen LogP contribution in [-0.2, 0) is 6.54 Å². The zero-order valence-electron chi connectivity index (χ0n) is 14.4. The van der Waals surface area contributed by atoms with Crippen molar-refractivity contribution >= 4 is 11.0 Å². The number of nitrogens with zero attached hydrogens (tertiary/aromatic N) is 4. The first-order valence-corrected chi connectivity index (χ1v) is 8.57. The molecule has 2 aromatic heterocycles. The summed E-state index contributed by atoms with van der Waals surface area (Å²) in [6.07, 6.45) is 2.30. The molecule has 0 spiro atoms. The Morgan fingerprint density at radius 1 is 0.885 bits per heavy atom. The highest BCUT2D eigenvalue weighted by Crippen LogP contribution is 2.15. The number of benzene rings is 2. The van der Waals surface area contributed by atoms with Crippen LogP contribution in [0.1, 0.15) is 13.3 Å². The Labute approximate surface area is 149 Å². The number of hydrogen-bond donors (Lipinski definition) is 0. The first kappa shape index (κ1) is 16.1. The van der Waals surface area contributed by atoms with Gasteiger partial charge in [0, 0.05) is 6.54 Å². The molecule has 0 aliphatic carbocycles. The van der Waals surface area contributed by atoms with E-state index < -0.39 is 0 Å². The van der Waals surface area contributed by atoms with E-state index >= 15 is 0 Å². The number of aromatic nitrogens is 4. The molecule has 0 fully saturated rings. The molecule has 6 heteroatoms. The molecule has 4 rings (SSSR count). The Kier molecular flexibility index (Phi) is 4.01. The third-order valence-corrected chi connectivity index (χ3v) is 4.32. The van der Waals surface area contributed by atoms with Crippen LogP contribution in [0.3, 0.4) is 0 Å². The van der Waals surface area contributed by atoms with Gasteiger partial charge in [-0.15, -0.1) is 0 Å². The van der Waals surface area contributed by atoms with Gasteiger partial charge in [-0.05, 0) is 30.7 Å². The average Bonchev–Trinajstić information content (AvgIpc) is 3.12. The summed E-state index contributed by atoms with van der Waals surface area (Å²) in [6.45, 7) is 2.50. The molecule has 26 heavy (non-hydrogen) atoms. The van der Waals surface area contributed by atoms with E-state index in [-0.39, 0.29) is 11.2 Å². The Balaban J connectivity index is 2.11. The standard InChI is InChI=1S/C20H18N4O2/c1-2-13-22-18-17(14-21-24(18)16-11-7-4-8-12-16)19(25)23(20(22)26)15-9-5-3-6-10-15/h3-12,14H,2,13H2,1H3. The maximum Gasteiger partial charge on any atom is 0.337 e. The van der Waals surface area contributed by atoms with Gasteiger partial charge in [-0.25, -0.2) is 14.0 Å². The van der Waals surface area contributed by atoms with E-state index in [0.717, 1.165) is 12.1 Å². The largest absolute Gasteiger partial charge is 0.337 e. The fourth-order valence-electron chi connectivity index (χ4n) is 3.16. The highest BCUT2D eigenvalue weighted by molar-refractivity contribution is 5.76. The maximum absolute atomic E-state index is 13.2. The second-order valence-corrected chi connectivity index (χ2v) is 6.04. The summed E-state index contributed by atoms with van der Waals surface area (Å²) in [4.78, 5) is 26.2. The van der Waals surface area contributed by atoms with Crippen molar-refractivity contribution in [3.05, 3.63) is 87.7 Å². The molecule has 0 N–H and O–H groups in total. The van der Waals surface area contributed by atoms with E-state index in [4.69, 9.17) is 0 Å². The Hall–Kier alpha value is -3.41. The van der Waals surface area contributed by atoms with Crippen molar-refractivity contribution in [2.45, 2.75) is 19.9 Å². The van der Waals surface area contributed by atoms with Gasteiger partial charge in [0.25, 0.3) is 5.56 Å². The van der Waals surface area contributed by atoms with Crippen LogP contribution >= 0.6 is 0 Å². The van der Waals surface area contributed by atoms with E-state index in [1.807, 2.05) is 55.5 Å². The minimum Gasteiger partial charge on any atom is -0.277 e. The zero-order chi connectivity index (χ0) is 18.1. The fourth-order valence-corrected chi connectivity index (χ4v) is 3.16. The first-order chi connectivity index (χ1) is 12.7. The minimum atomic E-state index is -0.356. The van der Waals surface area contributed by atoms with E-state index in [0.29, 0.717) is 23.3 Å². The van der Waals surface area contributed by atoms with Gasteiger partial charge in [0.15, 0.2) is 5.65 Å². The SMILES string of the molecule is CCCn1c(=O)n(-c2ccccc2)c(=O)c2cnn(-c3ccccc3)c21. The van der Waals surface area contributed by atoms with Crippen molar-refractivity contribution in [3.8, 4) is 11.4 Å². The van der Waals surface area contributed by atoms with Crippen LogP contribution in [0.15, 0.2) is 76.4 Å². The van der Waals surface area contributed by atoms with Crippen LogP contribution in [0.5, 0.6) is 0 Å². The molecular formula is C20H18N4O2. The number of aryl methyl sites for hydroxylation is 1. The third kappa shape index (κ3) is 2.47. The summed E-state index contributed by atoms with van der Waals surface area (Å²) in [5.41, 5.74) is 1.18. The molecule has 0 saturated carbocycles. The molecule has 0 bridgehead atoms. The zero-order valence-corrected chi connectivity index (χ0v) is 14.4. The lowest BCUT2D eigenvalue weighted by Gasteiger charge is -2.13. The lowest BCUT2D eigenvalue weighted by Crippen LogP contribution is -2.39. The molecule has 6 nitrogen and oxygen atoms in total. The Morgan fingerprint density at radius 3 is 2.12 bits per heavy atom. The van der Waals surface area contributed by atoms with Gasteiger partial charge >= 0.3 is 5.69 Å². The van der Waals surface area contributed by atoms with E-state index in [1.54, 1.807) is 21.4 Å². The van der Waals surface area contributed by atoms with Gasteiger partial charge in [0.2, 0.25) is 0 Å². The van der Waals surface area contributed by atoms with Crippen molar-refractivity contribution in [1.29, 1.82) is 0 Å². The number of hydrogen-bond acceptors (Lipinski definition) is 3. The Bertz CT molecular complexity index is 1170. The van der Waals surface area contributed by atoms with Crippen LogP contribution in [0.25, 0.3) is 22.4 Å². The highest BCUT2D eigenvalue weighted by atomic mass is 16.2. The summed E-state index contributed by atoms with van der Waals surface area (Å²) in [5.74, 6) is 0. The lowest BCUT2D eigenvalue weighted by molar-refractivity contribution is 0.623. The molecule has 130 valence electrons. The van der Waals surface area contributed by atoms with Crippen LogP contribution < -0.4 is 11.2 Å². The summed E-state index contributed by atoms with van der Waals surface area (Å²) >= 11 is 0. The van der Waals surface area contributed by atoms with Gasteiger partial charge in [0.1, 0.15) is 5.39 Å². The molecule has 0 aliphatic rings. The number of para-hydroxylation sites is 2. The molecule has 2 aromatic carbocycles. The summed E-state index contributed by atoms with van der Waals surface area (Å²) < 4.78 is 4.50. The first-order valence-electron chi connectivity index (χ1n) is 8.57. The van der Waals surface area contributed by atoms with Crippen LogP contribution in [0.2, 0.25) is 0 Å². The second kappa shape index (κ2) is 6.48. The summed E-state index contributed by atoms with van der Waals surface area (Å²) in [5, 5.41) is 4.81. The predicted molar refractivity (Wildman–Crippen MR) is 101 cm³/mol. The van der Waals surface area contributed by atoms with Gasteiger partial charge in [-0.3, -0.25) is 9.36 Å². The van der Waals surface area contributed by atoms with E-state index in [9.17, 15) is 9.59 Å². The van der Waals surface area contributed by atoms with Gasteiger partial charge < -0.3 is 0 Å². The van der Waals surface area contributed by atoms with Crippen molar-refractivity contribution < 1.29 is 0 Å². The van der Waals surface area contributed by atoms with Crippen molar-refractivity contribution in [2.24, 2.45) is 0 Å². The molecule has 0 saturated heterocycles. The molecule has 2 heterocycles. The van der Waals surface area contributed by atoms with Crippen molar-refractivity contribution in [2.75, 3.05) is 0 Å². The molecule has 0 aliphatic heterocycles. The quantitative estimate of drug-likeness (QED) is 0.571. The van der Waals surface area contributed by atoms with Crippen LogP contribution in [-0.4, -0.2) is 18.9 Å². The fraction of sp³-hybridized carbons (Fsp3) is 0.150. The van der Waals surface area contributed by atoms with Crippen LogP contribution in [0.4, 0.5) is 0 Å². The van der Waals surface area contributed by atoms with Gasteiger partial charge in [-0.1, -0.05) is 43.3 Å². The van der Waals surface area contributed by atoms with E-state index in [2.05, 4.69) is 5.10 Å². The van der Waals surface area contributed by atoms with Crippen LogP contribution in [0, 0.1) is 0 Å². The molecule has 0 unspecified atom stereocenters. The van der Waals surface area contributed by atoms with E-state index in [1.165, 1.54) is 10.8 Å². The molecule has 0 radical (unpaired) electrons. The molecule has 0 amide bonds. The molecule has 4 aromatic rings. The average molecular weight is 346 g/mol. The topological polar surface area (TPSA) is 61.8 Å². The monoisotopic (exact) mass is 346 g/mol. The highest BCUT2D eigenvalue weighted by Gasteiger charge is 2.18. The molecule has 0 atom stereocenters. The third-order valence-electron chi connectivity index (χ3n) is 4.32. The minimum absolute atomic E-state index is 0.353. The summed E-state index contributed by atoms with van der Waals surface area (Å²) in [6, 6.07) is 18.5. The Morgan fingerprint density at radius 2 is 1.50 bits per heavy atom. The number of rotatable bonds is 4.